The van der Waals surface area contributed by atoms with Crippen LogP contribution in [-0.2, 0) is 16.6 Å². The van der Waals surface area contributed by atoms with E-state index in [1.54, 1.807) is 18.2 Å². The third-order valence-electron chi connectivity index (χ3n) is 5.21. The second-order valence-electron chi connectivity index (χ2n) is 6.83. The molecule has 30 heavy (non-hydrogen) atoms. The summed E-state index contributed by atoms with van der Waals surface area (Å²) >= 11 is 0. The van der Waals surface area contributed by atoms with E-state index in [1.165, 1.54) is 18.5 Å². The maximum absolute atomic E-state index is 14.4. The molecule has 1 atom stereocenters. The van der Waals surface area contributed by atoms with E-state index in [4.69, 9.17) is 9.47 Å². The highest BCUT2D eigenvalue weighted by atomic mass is 32.2. The molecular weight excluding hydrogens is 414 g/mol. The highest BCUT2D eigenvalue weighted by molar-refractivity contribution is 7.89. The van der Waals surface area contributed by atoms with Crippen LogP contribution < -0.4 is 9.47 Å². The van der Waals surface area contributed by atoms with E-state index < -0.39 is 32.6 Å². The van der Waals surface area contributed by atoms with Gasteiger partial charge in [0.1, 0.15) is 28.0 Å². The molecule has 1 unspecified atom stereocenters. The summed E-state index contributed by atoms with van der Waals surface area (Å²) in [5, 5.41) is 0. The Balaban J connectivity index is 1.90. The lowest BCUT2D eigenvalue weighted by molar-refractivity contribution is 0.289. The summed E-state index contributed by atoms with van der Waals surface area (Å²) in [6, 6.07) is 10.5. The van der Waals surface area contributed by atoms with Gasteiger partial charge in [-0.05, 0) is 36.4 Å². The number of fused-ring (bicyclic) bond motifs is 1. The van der Waals surface area contributed by atoms with Crippen LogP contribution in [0.25, 0.3) is 0 Å². The van der Waals surface area contributed by atoms with Crippen LogP contribution in [-0.4, -0.2) is 38.1 Å². The van der Waals surface area contributed by atoms with Gasteiger partial charge in [-0.1, -0.05) is 0 Å². The van der Waals surface area contributed by atoms with Gasteiger partial charge in [0.05, 0.1) is 20.3 Å². The number of rotatable bonds is 5. The third-order valence-corrected chi connectivity index (χ3v) is 7.11. The number of benzene rings is 2. The number of ether oxygens (including phenoxy) is 2. The van der Waals surface area contributed by atoms with E-state index in [1.807, 2.05) is 22.9 Å². The number of methoxy groups -OCH3 is 2. The van der Waals surface area contributed by atoms with Gasteiger partial charge in [0.25, 0.3) is 0 Å². The largest absolute Gasteiger partial charge is 0.497 e. The summed E-state index contributed by atoms with van der Waals surface area (Å²) < 4.78 is 68.6. The first-order chi connectivity index (χ1) is 14.4. The smallest absolute Gasteiger partial charge is 0.246 e. The van der Waals surface area contributed by atoms with Crippen LogP contribution in [0.1, 0.15) is 17.3 Å². The van der Waals surface area contributed by atoms with Crippen molar-refractivity contribution in [1.29, 1.82) is 0 Å². The summed E-state index contributed by atoms with van der Waals surface area (Å²) in [5.41, 5.74) is 1.31. The molecule has 3 aromatic rings. The van der Waals surface area contributed by atoms with Gasteiger partial charge in [-0.15, -0.1) is 0 Å². The molecule has 6 nitrogen and oxygen atoms in total. The van der Waals surface area contributed by atoms with Crippen LogP contribution >= 0.6 is 0 Å². The maximum atomic E-state index is 14.4. The molecular formula is C21H20F2N2O4S. The number of aromatic nitrogens is 1. The van der Waals surface area contributed by atoms with Crippen molar-refractivity contribution in [3.63, 3.8) is 0 Å². The van der Waals surface area contributed by atoms with Crippen LogP contribution in [0, 0.1) is 11.6 Å². The molecule has 0 fully saturated rings. The van der Waals surface area contributed by atoms with Gasteiger partial charge in [-0.2, -0.15) is 4.31 Å². The minimum Gasteiger partial charge on any atom is -0.497 e. The summed E-state index contributed by atoms with van der Waals surface area (Å²) in [5.74, 6) is -0.974. The molecule has 0 saturated carbocycles. The van der Waals surface area contributed by atoms with Gasteiger partial charge in [0.2, 0.25) is 10.0 Å². The number of hydrogen-bond acceptors (Lipinski definition) is 4. The van der Waals surface area contributed by atoms with Crippen molar-refractivity contribution in [3.05, 3.63) is 77.6 Å². The second kappa shape index (κ2) is 7.73. The molecule has 0 bridgehead atoms. The topological polar surface area (TPSA) is 60.8 Å². The first-order valence-electron chi connectivity index (χ1n) is 9.20. The number of hydrogen-bond donors (Lipinski definition) is 0. The summed E-state index contributed by atoms with van der Waals surface area (Å²) in [7, 11) is -1.27. The van der Waals surface area contributed by atoms with Gasteiger partial charge >= 0.3 is 0 Å². The fraction of sp³-hybridized carbons (Fsp3) is 0.238. The van der Waals surface area contributed by atoms with Crippen LogP contribution in [0.2, 0.25) is 0 Å². The van der Waals surface area contributed by atoms with Crippen molar-refractivity contribution < 1.29 is 26.7 Å². The molecule has 0 N–H and O–H groups in total. The van der Waals surface area contributed by atoms with E-state index in [2.05, 4.69) is 0 Å². The zero-order valence-corrected chi connectivity index (χ0v) is 17.2. The molecule has 9 heteroatoms. The Labute approximate surface area is 173 Å². The van der Waals surface area contributed by atoms with Crippen molar-refractivity contribution >= 4 is 10.0 Å². The minimum absolute atomic E-state index is 0.112. The fourth-order valence-corrected chi connectivity index (χ4v) is 5.41. The molecule has 0 amide bonds. The normalized spacial score (nSPS) is 16.9. The van der Waals surface area contributed by atoms with E-state index in [0.717, 1.165) is 17.8 Å². The molecule has 1 aliphatic heterocycles. The number of sulfonamides is 1. The van der Waals surface area contributed by atoms with Crippen molar-refractivity contribution in [3.8, 4) is 11.5 Å². The van der Waals surface area contributed by atoms with Crippen molar-refractivity contribution in [1.82, 2.24) is 8.87 Å². The molecule has 158 valence electrons. The van der Waals surface area contributed by atoms with Gasteiger partial charge < -0.3 is 14.0 Å². The fourth-order valence-electron chi connectivity index (χ4n) is 3.79. The standard InChI is InChI=1S/C21H20F2N2O4S/c1-28-15-6-7-16(19(13-15)29-2)21-18-4-3-9-24(18)10-11-25(21)30(26,27)20-8-5-14(22)12-17(20)23/h3-9,12-13,21H,10-11H2,1-2H3. The molecule has 0 saturated heterocycles. The highest BCUT2D eigenvalue weighted by Gasteiger charge is 2.40. The Bertz CT molecular complexity index is 1190. The third kappa shape index (κ3) is 3.33. The lowest BCUT2D eigenvalue weighted by Gasteiger charge is -2.37. The van der Waals surface area contributed by atoms with Gasteiger partial charge in [-0.25, -0.2) is 17.2 Å². The Morgan fingerprint density at radius 2 is 1.80 bits per heavy atom. The zero-order chi connectivity index (χ0) is 21.5. The van der Waals surface area contributed by atoms with Crippen molar-refractivity contribution in [2.75, 3.05) is 20.8 Å². The first-order valence-corrected chi connectivity index (χ1v) is 10.6. The van der Waals surface area contributed by atoms with Crippen LogP contribution in [0.4, 0.5) is 8.78 Å². The Kier molecular flexibility index (Phi) is 5.25. The molecule has 2 heterocycles. The second-order valence-corrected chi connectivity index (χ2v) is 8.69. The first kappa shape index (κ1) is 20.4. The summed E-state index contributed by atoms with van der Waals surface area (Å²) in [4.78, 5) is -0.568. The summed E-state index contributed by atoms with van der Waals surface area (Å²) in [6.45, 7) is 0.514. The molecule has 0 radical (unpaired) electrons. The Morgan fingerprint density at radius 3 is 2.50 bits per heavy atom. The molecule has 0 spiro atoms. The van der Waals surface area contributed by atoms with E-state index >= 15 is 0 Å². The summed E-state index contributed by atoms with van der Waals surface area (Å²) in [6.07, 6.45) is 1.86. The highest BCUT2D eigenvalue weighted by Crippen LogP contribution is 2.41. The molecule has 2 aromatic carbocycles. The minimum atomic E-state index is -4.28. The SMILES string of the molecule is COc1ccc(C2c3cccn3CCN2S(=O)(=O)c2ccc(F)cc2F)c(OC)c1. The van der Waals surface area contributed by atoms with E-state index in [0.29, 0.717) is 29.7 Å². The van der Waals surface area contributed by atoms with E-state index in [9.17, 15) is 17.2 Å². The predicted molar refractivity (Wildman–Crippen MR) is 106 cm³/mol. The number of halogens is 2. The Hall–Kier alpha value is -2.91. The predicted octanol–water partition coefficient (Wildman–Crippen LogP) is 3.58. The quantitative estimate of drug-likeness (QED) is 0.616. The lowest BCUT2D eigenvalue weighted by atomic mass is 10.0. The lowest BCUT2D eigenvalue weighted by Crippen LogP contribution is -2.42. The van der Waals surface area contributed by atoms with Crippen molar-refractivity contribution in [2.24, 2.45) is 0 Å². The van der Waals surface area contributed by atoms with Crippen LogP contribution in [0.15, 0.2) is 59.6 Å². The monoisotopic (exact) mass is 434 g/mol. The van der Waals surface area contributed by atoms with Gasteiger partial charge in [-0.3, -0.25) is 0 Å². The Morgan fingerprint density at radius 1 is 1.00 bits per heavy atom. The van der Waals surface area contributed by atoms with Gasteiger partial charge in [0, 0.05) is 42.7 Å². The van der Waals surface area contributed by atoms with Gasteiger partial charge in [0.15, 0.2) is 0 Å². The maximum Gasteiger partial charge on any atom is 0.246 e. The van der Waals surface area contributed by atoms with Crippen LogP contribution in [0.5, 0.6) is 11.5 Å². The zero-order valence-electron chi connectivity index (χ0n) is 16.4. The molecule has 4 rings (SSSR count). The molecule has 1 aromatic heterocycles. The average Bonchev–Trinajstić information content (AvgIpc) is 3.21. The molecule has 0 aliphatic carbocycles. The average molecular weight is 434 g/mol. The van der Waals surface area contributed by atoms with Crippen LogP contribution in [0.3, 0.4) is 0 Å². The van der Waals surface area contributed by atoms with E-state index in [-0.39, 0.29) is 6.54 Å². The molecule has 1 aliphatic rings. The van der Waals surface area contributed by atoms with Crippen molar-refractivity contribution in [2.45, 2.75) is 17.5 Å². The number of nitrogens with zero attached hydrogens (tertiary/aromatic N) is 2.